The van der Waals surface area contributed by atoms with E-state index in [2.05, 4.69) is 79.2 Å². The fourth-order valence-corrected chi connectivity index (χ4v) is 6.61. The van der Waals surface area contributed by atoms with Crippen molar-refractivity contribution in [2.24, 2.45) is 20.5 Å². The highest BCUT2D eigenvalue weighted by atomic mass is 16.2. The van der Waals surface area contributed by atoms with Gasteiger partial charge >= 0.3 is 0 Å². The zero-order valence-electron chi connectivity index (χ0n) is 38.3. The van der Waals surface area contributed by atoms with Crippen LogP contribution in [0.4, 0.5) is 22.7 Å². The van der Waals surface area contributed by atoms with Gasteiger partial charge < -0.3 is 31.1 Å². The number of anilines is 2. The van der Waals surface area contributed by atoms with Crippen LogP contribution >= 0.6 is 0 Å². The summed E-state index contributed by atoms with van der Waals surface area (Å²) in [7, 11) is 0. The number of azo groups is 2. The molecule has 0 aliphatic carbocycles. The zero-order chi connectivity index (χ0) is 47.1. The summed E-state index contributed by atoms with van der Waals surface area (Å²) in [6.45, 7) is 17.8. The second-order valence-corrected chi connectivity index (χ2v) is 15.4. The van der Waals surface area contributed by atoms with Crippen molar-refractivity contribution < 1.29 is 28.8 Å². The van der Waals surface area contributed by atoms with Crippen molar-refractivity contribution in [3.8, 4) is 0 Å². The Labute approximate surface area is 381 Å². The fraction of sp³-hybridized carbons (Fsp3) is 0.388. The highest BCUT2D eigenvalue weighted by Gasteiger charge is 2.24. The molecule has 2 atom stereocenters. The fourth-order valence-electron chi connectivity index (χ4n) is 6.61. The maximum absolute atomic E-state index is 13.0. The molecule has 16 nitrogen and oxygen atoms in total. The van der Waals surface area contributed by atoms with Gasteiger partial charge in [-0.3, -0.25) is 28.8 Å². The van der Waals surface area contributed by atoms with Crippen LogP contribution in [0.3, 0.4) is 0 Å². The molecule has 0 spiro atoms. The van der Waals surface area contributed by atoms with Crippen molar-refractivity contribution in [3.05, 3.63) is 119 Å². The number of benzene rings is 4. The Hall–Kier alpha value is -6.78. The number of amides is 4. The Morgan fingerprint density at radius 1 is 0.492 bits per heavy atom. The Kier molecular flexibility index (Phi) is 20.9. The maximum atomic E-state index is 13.0. The third kappa shape index (κ3) is 17.0. The summed E-state index contributed by atoms with van der Waals surface area (Å²) < 4.78 is 0. The van der Waals surface area contributed by atoms with Crippen LogP contribution < -0.4 is 21.3 Å². The van der Waals surface area contributed by atoms with E-state index < -0.39 is 35.5 Å². The molecule has 0 fully saturated rings. The third-order valence-electron chi connectivity index (χ3n) is 10.6. The molecule has 0 aliphatic heterocycles. The van der Waals surface area contributed by atoms with Gasteiger partial charge in [0.25, 0.3) is 23.6 Å². The molecule has 2 unspecified atom stereocenters. The molecule has 0 bridgehead atoms. The van der Waals surface area contributed by atoms with Crippen molar-refractivity contribution in [2.45, 2.75) is 72.9 Å². The number of carbonyl (C=O) groups is 6. The van der Waals surface area contributed by atoms with Gasteiger partial charge in [-0.2, -0.15) is 20.5 Å². The molecule has 0 aliphatic rings. The van der Waals surface area contributed by atoms with Crippen molar-refractivity contribution in [2.75, 3.05) is 63.0 Å². The molecule has 344 valence electrons. The number of nitrogens with one attached hydrogen (secondary N) is 4. The maximum Gasteiger partial charge on any atom is 0.258 e. The molecule has 0 saturated carbocycles. The zero-order valence-corrected chi connectivity index (χ0v) is 38.3. The quantitative estimate of drug-likeness (QED) is 0.0281. The van der Waals surface area contributed by atoms with Crippen molar-refractivity contribution in [1.29, 1.82) is 0 Å². The van der Waals surface area contributed by atoms with E-state index in [1.54, 1.807) is 72.8 Å². The van der Waals surface area contributed by atoms with Crippen LogP contribution in [0.1, 0.15) is 86.2 Å². The van der Waals surface area contributed by atoms with Gasteiger partial charge in [0.1, 0.15) is 0 Å². The molecule has 0 heterocycles. The van der Waals surface area contributed by atoms with Crippen LogP contribution in [0.5, 0.6) is 0 Å². The topological polar surface area (TPSA) is 206 Å². The van der Waals surface area contributed by atoms with Crippen LogP contribution in [-0.2, 0) is 25.6 Å². The van der Waals surface area contributed by atoms with Gasteiger partial charge in [-0.15, -0.1) is 0 Å². The Morgan fingerprint density at radius 2 is 0.831 bits per heavy atom. The average molecular weight is 887 g/mol. The van der Waals surface area contributed by atoms with Crippen LogP contribution in [0.25, 0.3) is 0 Å². The first kappa shape index (κ1) is 50.9. The standard InChI is InChI=1S/C49H62N10O6/c1-7-58(8-2)31-11-29-50-46(62)38-17-25-40(26-18-38)52-48(64)44(34(5)60)56-54-42-21-13-36(14-22-42)33-37-15-23-43(24-16-37)55-57-45(35(6)61)49(65)53-41-27-19-39(20-28-41)47(63)51-30-12-32-59(9-3)10-4/h13-28,44-45H,7-12,29-33H2,1-6H3,(H,50,62)(H,51,63)(H,52,64)(H,53,65). The third-order valence-corrected chi connectivity index (χ3v) is 10.6. The summed E-state index contributed by atoms with van der Waals surface area (Å²) in [5, 5.41) is 27.6. The number of carbonyl (C=O) groups excluding carboxylic acids is 6. The predicted molar refractivity (Wildman–Crippen MR) is 253 cm³/mol. The van der Waals surface area contributed by atoms with Gasteiger partial charge in [0.2, 0.25) is 12.1 Å². The minimum Gasteiger partial charge on any atom is -0.352 e. The molecule has 16 heteroatoms. The summed E-state index contributed by atoms with van der Waals surface area (Å²) >= 11 is 0. The van der Waals surface area contributed by atoms with Gasteiger partial charge in [0.15, 0.2) is 11.6 Å². The first-order valence-electron chi connectivity index (χ1n) is 22.2. The van der Waals surface area contributed by atoms with Crippen LogP contribution in [0.15, 0.2) is 118 Å². The largest absolute Gasteiger partial charge is 0.352 e. The van der Waals surface area contributed by atoms with Crippen molar-refractivity contribution in [1.82, 2.24) is 20.4 Å². The summed E-state index contributed by atoms with van der Waals surface area (Å²) in [5.41, 5.74) is 4.58. The van der Waals surface area contributed by atoms with E-state index in [0.717, 1.165) is 63.2 Å². The smallest absolute Gasteiger partial charge is 0.258 e. The summed E-state index contributed by atoms with van der Waals surface area (Å²) in [5.74, 6) is -2.65. The molecule has 4 amide bonds. The molecular weight excluding hydrogens is 825 g/mol. The van der Waals surface area contributed by atoms with E-state index in [-0.39, 0.29) is 11.8 Å². The minimum atomic E-state index is -1.37. The summed E-state index contributed by atoms with van der Waals surface area (Å²) in [6.07, 6.45) is 2.26. The van der Waals surface area contributed by atoms with E-state index in [1.165, 1.54) is 13.8 Å². The van der Waals surface area contributed by atoms with E-state index in [0.29, 0.717) is 53.4 Å². The van der Waals surface area contributed by atoms with E-state index >= 15 is 0 Å². The molecule has 0 saturated heterocycles. The highest BCUT2D eigenvalue weighted by Crippen LogP contribution is 2.21. The Balaban J connectivity index is 1.25. The van der Waals surface area contributed by atoms with E-state index in [4.69, 9.17) is 0 Å². The minimum absolute atomic E-state index is 0.203. The van der Waals surface area contributed by atoms with Crippen LogP contribution in [0.2, 0.25) is 0 Å². The molecule has 4 N–H and O–H groups in total. The lowest BCUT2D eigenvalue weighted by molar-refractivity contribution is -0.127. The summed E-state index contributed by atoms with van der Waals surface area (Å²) in [6, 6.07) is 24.5. The molecular formula is C49H62N10O6. The van der Waals surface area contributed by atoms with Gasteiger partial charge in [-0.1, -0.05) is 52.0 Å². The number of ketones is 2. The van der Waals surface area contributed by atoms with Crippen LogP contribution in [0, 0.1) is 0 Å². The average Bonchev–Trinajstić information content (AvgIpc) is 3.30. The molecule has 4 rings (SSSR count). The predicted octanol–water partition coefficient (Wildman–Crippen LogP) is 7.56. The molecule has 0 aromatic heterocycles. The first-order valence-corrected chi connectivity index (χ1v) is 22.2. The molecule has 0 radical (unpaired) electrons. The first-order chi connectivity index (χ1) is 31.3. The van der Waals surface area contributed by atoms with E-state index in [1.807, 2.05) is 24.3 Å². The lowest BCUT2D eigenvalue weighted by Gasteiger charge is -2.17. The van der Waals surface area contributed by atoms with E-state index in [9.17, 15) is 28.8 Å². The van der Waals surface area contributed by atoms with Crippen LogP contribution in [-0.4, -0.2) is 109 Å². The summed E-state index contributed by atoms with van der Waals surface area (Å²) in [4.78, 5) is 80.5. The highest BCUT2D eigenvalue weighted by molar-refractivity contribution is 6.11. The number of hydrogen-bond acceptors (Lipinski definition) is 12. The molecule has 65 heavy (non-hydrogen) atoms. The SMILES string of the molecule is CCN(CC)CCCNC(=O)c1ccc(NC(=O)C(N=Nc2ccc(Cc3ccc(N=NC(C(C)=O)C(=O)Nc4ccc(C(=O)NCCCN(CC)CC)cc4)cc3)cc2)C(C)=O)cc1. The van der Waals surface area contributed by atoms with Gasteiger partial charge in [0.05, 0.1) is 11.4 Å². The normalized spacial score (nSPS) is 12.3. The van der Waals surface area contributed by atoms with Gasteiger partial charge in [-0.25, -0.2) is 0 Å². The van der Waals surface area contributed by atoms with Gasteiger partial charge in [-0.05, 0) is 156 Å². The Morgan fingerprint density at radius 3 is 1.14 bits per heavy atom. The van der Waals surface area contributed by atoms with Gasteiger partial charge in [0, 0.05) is 35.6 Å². The number of nitrogens with zero attached hydrogens (tertiary/aromatic N) is 6. The van der Waals surface area contributed by atoms with Crippen molar-refractivity contribution in [3.63, 3.8) is 0 Å². The molecule has 4 aromatic carbocycles. The second kappa shape index (κ2) is 26.8. The lowest BCUT2D eigenvalue weighted by atomic mass is 10.0. The Bertz CT molecular complexity index is 2080. The number of Topliss-reactive ketones (excluding diaryl/α,β-unsaturated/α-hetero) is 2. The lowest BCUT2D eigenvalue weighted by Crippen LogP contribution is -2.32. The number of rotatable bonds is 26. The number of hydrogen-bond donors (Lipinski definition) is 4. The van der Waals surface area contributed by atoms with Crippen molar-refractivity contribution >= 4 is 57.9 Å². The second-order valence-electron chi connectivity index (χ2n) is 15.4. The molecule has 4 aromatic rings. The monoisotopic (exact) mass is 886 g/mol.